The Hall–Kier alpha value is -2.63. The van der Waals surface area contributed by atoms with Crippen LogP contribution in [0.3, 0.4) is 0 Å². The molecular weight excluding hydrogens is 386 g/mol. The summed E-state index contributed by atoms with van der Waals surface area (Å²) in [7, 11) is 0. The molecule has 0 saturated heterocycles. The molecule has 1 unspecified atom stereocenters. The van der Waals surface area contributed by atoms with Gasteiger partial charge in [0.2, 0.25) is 5.88 Å². The minimum absolute atomic E-state index is 0.343. The fraction of sp³-hybridized carbons (Fsp3) is 0.423. The van der Waals surface area contributed by atoms with Crippen molar-refractivity contribution < 1.29 is 9.84 Å². The van der Waals surface area contributed by atoms with Crippen molar-refractivity contribution in [2.24, 2.45) is 5.92 Å². The molecule has 1 aromatic heterocycles. The number of aryl methyl sites for hydroxylation is 2. The molecule has 5 heteroatoms. The Bertz CT molecular complexity index is 966. The SMILES string of the molecule is CCC(O)CN(Cc1c(C)nn(-c2ccccc2)c1Oc1cccc(C)c1)CC(C)C. The second-order valence-electron chi connectivity index (χ2n) is 8.69. The van der Waals surface area contributed by atoms with Crippen molar-refractivity contribution in [3.05, 3.63) is 71.4 Å². The molecule has 31 heavy (non-hydrogen) atoms. The molecule has 0 radical (unpaired) electrons. The van der Waals surface area contributed by atoms with Gasteiger partial charge >= 0.3 is 0 Å². The van der Waals surface area contributed by atoms with E-state index in [2.05, 4.69) is 31.7 Å². The highest BCUT2D eigenvalue weighted by molar-refractivity contribution is 5.43. The number of nitrogens with zero attached hydrogens (tertiary/aromatic N) is 3. The van der Waals surface area contributed by atoms with E-state index in [0.717, 1.165) is 47.1 Å². The van der Waals surface area contributed by atoms with Gasteiger partial charge in [-0.05, 0) is 56.0 Å². The number of para-hydroxylation sites is 1. The third-order valence-corrected chi connectivity index (χ3v) is 5.29. The highest BCUT2D eigenvalue weighted by Crippen LogP contribution is 2.32. The summed E-state index contributed by atoms with van der Waals surface area (Å²) in [6, 6.07) is 18.1. The van der Waals surface area contributed by atoms with Crippen LogP contribution in [0.4, 0.5) is 0 Å². The summed E-state index contributed by atoms with van der Waals surface area (Å²) in [5, 5.41) is 15.1. The lowest BCUT2D eigenvalue weighted by Gasteiger charge is -2.26. The number of aliphatic hydroxyl groups is 1. The molecule has 0 fully saturated rings. The maximum atomic E-state index is 10.3. The highest BCUT2D eigenvalue weighted by atomic mass is 16.5. The first-order valence-electron chi connectivity index (χ1n) is 11.2. The number of aliphatic hydroxyl groups excluding tert-OH is 1. The second kappa shape index (κ2) is 10.6. The van der Waals surface area contributed by atoms with Crippen molar-refractivity contribution in [1.29, 1.82) is 0 Å². The lowest BCUT2D eigenvalue weighted by atomic mass is 10.1. The van der Waals surface area contributed by atoms with Crippen LogP contribution in [0.2, 0.25) is 0 Å². The highest BCUT2D eigenvalue weighted by Gasteiger charge is 2.22. The molecule has 1 heterocycles. The average molecular weight is 422 g/mol. The summed E-state index contributed by atoms with van der Waals surface area (Å²) in [5.41, 5.74) is 4.10. The van der Waals surface area contributed by atoms with Crippen molar-refractivity contribution >= 4 is 0 Å². The van der Waals surface area contributed by atoms with Crippen molar-refractivity contribution in [3.63, 3.8) is 0 Å². The lowest BCUT2D eigenvalue weighted by Crippen LogP contribution is -2.34. The summed E-state index contributed by atoms with van der Waals surface area (Å²) >= 11 is 0. The van der Waals surface area contributed by atoms with E-state index < -0.39 is 0 Å². The fourth-order valence-corrected chi connectivity index (χ4v) is 3.73. The first kappa shape index (κ1) is 23.0. The Morgan fingerprint density at radius 1 is 1.03 bits per heavy atom. The number of rotatable bonds is 10. The molecule has 0 aliphatic carbocycles. The molecule has 5 nitrogen and oxygen atoms in total. The van der Waals surface area contributed by atoms with Crippen LogP contribution in [0.15, 0.2) is 54.6 Å². The Labute approximate surface area is 186 Å². The van der Waals surface area contributed by atoms with Gasteiger partial charge in [-0.15, -0.1) is 0 Å². The van der Waals surface area contributed by atoms with Crippen molar-refractivity contribution in [3.8, 4) is 17.3 Å². The standard InChI is InChI=1S/C26H35N3O2/c1-6-23(30)17-28(16-19(2)3)18-25-21(5)27-29(22-12-8-7-9-13-22)26(25)31-24-14-10-11-20(4)15-24/h7-15,19,23,30H,6,16-18H2,1-5H3. The molecule has 0 spiro atoms. The van der Waals surface area contributed by atoms with Crippen molar-refractivity contribution in [1.82, 2.24) is 14.7 Å². The average Bonchev–Trinajstić information content (AvgIpc) is 3.03. The number of benzene rings is 2. The second-order valence-corrected chi connectivity index (χ2v) is 8.69. The van der Waals surface area contributed by atoms with Gasteiger partial charge < -0.3 is 9.84 Å². The minimum atomic E-state index is -0.343. The van der Waals surface area contributed by atoms with Gasteiger partial charge in [0.15, 0.2) is 0 Å². The predicted molar refractivity (Wildman–Crippen MR) is 126 cm³/mol. The summed E-state index contributed by atoms with van der Waals surface area (Å²) in [6.07, 6.45) is 0.396. The van der Waals surface area contributed by atoms with Crippen molar-refractivity contribution in [2.45, 2.75) is 53.7 Å². The van der Waals surface area contributed by atoms with Crippen LogP contribution in [-0.4, -0.2) is 39.0 Å². The molecule has 3 rings (SSSR count). The van der Waals surface area contributed by atoms with Gasteiger partial charge in [0, 0.05) is 19.6 Å². The van der Waals surface area contributed by atoms with Gasteiger partial charge in [0.05, 0.1) is 23.0 Å². The summed E-state index contributed by atoms with van der Waals surface area (Å²) in [5.74, 6) is 2.02. The normalized spacial score (nSPS) is 12.5. The Balaban J connectivity index is 2.02. The van der Waals surface area contributed by atoms with Crippen LogP contribution in [0.5, 0.6) is 11.6 Å². The van der Waals surface area contributed by atoms with Gasteiger partial charge in [0.25, 0.3) is 0 Å². The molecule has 0 aliphatic rings. The van der Waals surface area contributed by atoms with E-state index in [1.165, 1.54) is 0 Å². The Morgan fingerprint density at radius 3 is 2.42 bits per heavy atom. The van der Waals surface area contributed by atoms with Gasteiger partial charge in [-0.3, -0.25) is 4.90 Å². The molecule has 0 saturated carbocycles. The Kier molecular flexibility index (Phi) is 7.88. The molecule has 1 N–H and O–H groups in total. The molecule has 166 valence electrons. The minimum Gasteiger partial charge on any atom is -0.439 e. The molecule has 2 aromatic carbocycles. The molecule has 1 atom stereocenters. The summed E-state index contributed by atoms with van der Waals surface area (Å²) in [4.78, 5) is 2.31. The quantitative estimate of drug-likeness (QED) is 0.469. The number of hydrogen-bond donors (Lipinski definition) is 1. The summed E-state index contributed by atoms with van der Waals surface area (Å²) < 4.78 is 8.33. The summed E-state index contributed by atoms with van der Waals surface area (Å²) in [6.45, 7) is 12.7. The Morgan fingerprint density at radius 2 is 1.77 bits per heavy atom. The smallest absolute Gasteiger partial charge is 0.227 e. The predicted octanol–water partition coefficient (Wildman–Crippen LogP) is 5.51. The van der Waals surface area contributed by atoms with Gasteiger partial charge in [0.1, 0.15) is 5.75 Å². The monoisotopic (exact) mass is 421 g/mol. The number of aromatic nitrogens is 2. The topological polar surface area (TPSA) is 50.5 Å². The lowest BCUT2D eigenvalue weighted by molar-refractivity contribution is 0.0980. The van der Waals surface area contributed by atoms with E-state index in [1.807, 2.05) is 67.1 Å². The zero-order valence-corrected chi connectivity index (χ0v) is 19.4. The fourth-order valence-electron chi connectivity index (χ4n) is 3.73. The van der Waals surface area contributed by atoms with E-state index in [1.54, 1.807) is 0 Å². The van der Waals surface area contributed by atoms with Crippen LogP contribution in [0, 0.1) is 19.8 Å². The van der Waals surface area contributed by atoms with Crippen molar-refractivity contribution in [2.75, 3.05) is 13.1 Å². The number of ether oxygens (including phenoxy) is 1. The largest absolute Gasteiger partial charge is 0.439 e. The zero-order chi connectivity index (χ0) is 22.4. The first-order valence-corrected chi connectivity index (χ1v) is 11.2. The van der Waals surface area contributed by atoms with Crippen LogP contribution in [0.1, 0.15) is 44.0 Å². The van der Waals surface area contributed by atoms with E-state index in [-0.39, 0.29) is 6.10 Å². The molecular formula is C26H35N3O2. The maximum Gasteiger partial charge on any atom is 0.227 e. The van der Waals surface area contributed by atoms with Crippen LogP contribution in [0.25, 0.3) is 5.69 Å². The number of hydrogen-bond acceptors (Lipinski definition) is 4. The van der Waals surface area contributed by atoms with E-state index in [4.69, 9.17) is 9.84 Å². The van der Waals surface area contributed by atoms with Crippen LogP contribution < -0.4 is 4.74 Å². The molecule has 3 aromatic rings. The van der Waals surface area contributed by atoms with Crippen LogP contribution >= 0.6 is 0 Å². The van der Waals surface area contributed by atoms with Gasteiger partial charge in [-0.1, -0.05) is 51.1 Å². The molecule has 0 amide bonds. The zero-order valence-electron chi connectivity index (χ0n) is 19.4. The van der Waals surface area contributed by atoms with E-state index in [0.29, 0.717) is 19.0 Å². The molecule has 0 aliphatic heterocycles. The van der Waals surface area contributed by atoms with Gasteiger partial charge in [-0.2, -0.15) is 5.10 Å². The maximum absolute atomic E-state index is 10.3. The first-order chi connectivity index (χ1) is 14.9. The van der Waals surface area contributed by atoms with Crippen LogP contribution in [-0.2, 0) is 6.54 Å². The third kappa shape index (κ3) is 6.18. The van der Waals surface area contributed by atoms with Gasteiger partial charge in [-0.25, -0.2) is 4.68 Å². The van der Waals surface area contributed by atoms with E-state index >= 15 is 0 Å². The molecule has 0 bridgehead atoms. The van der Waals surface area contributed by atoms with E-state index in [9.17, 15) is 5.11 Å². The third-order valence-electron chi connectivity index (χ3n) is 5.29.